The predicted molar refractivity (Wildman–Crippen MR) is 60.2 cm³/mol. The second-order valence-corrected chi connectivity index (χ2v) is 3.87. The van der Waals surface area contributed by atoms with Crippen LogP contribution in [0.5, 0.6) is 0 Å². The molecule has 0 aromatic heterocycles. The molecule has 16 heavy (non-hydrogen) atoms. The van der Waals surface area contributed by atoms with Crippen LogP contribution < -0.4 is 0 Å². The second kappa shape index (κ2) is 8.10. The number of carboxylic acid groups (broad SMARTS) is 1. The molecule has 0 aliphatic heterocycles. The summed E-state index contributed by atoms with van der Waals surface area (Å²) in [7, 11) is 0. The molecule has 0 aliphatic carbocycles. The fourth-order valence-electron chi connectivity index (χ4n) is 1.25. The molecule has 1 N–H and O–H groups in total. The van der Waals surface area contributed by atoms with Crippen LogP contribution in [0.3, 0.4) is 0 Å². The molecule has 0 unspecified atom stereocenters. The van der Waals surface area contributed by atoms with E-state index in [0.717, 1.165) is 6.42 Å². The van der Waals surface area contributed by atoms with Crippen molar-refractivity contribution in [1.29, 1.82) is 0 Å². The van der Waals surface area contributed by atoms with Crippen molar-refractivity contribution in [2.75, 3.05) is 19.8 Å². The Bertz CT molecular complexity index is 228. The van der Waals surface area contributed by atoms with Crippen LogP contribution in [-0.2, 0) is 14.3 Å². The second-order valence-electron chi connectivity index (χ2n) is 3.87. The topological polar surface area (TPSA) is 66.8 Å². The van der Waals surface area contributed by atoms with Crippen molar-refractivity contribution in [3.63, 3.8) is 0 Å². The molecule has 94 valence electrons. The molecule has 0 atom stereocenters. The van der Waals surface area contributed by atoms with E-state index in [1.165, 1.54) is 4.90 Å². The quantitative estimate of drug-likeness (QED) is 0.636. The monoisotopic (exact) mass is 231 g/mol. The molecule has 0 heterocycles. The van der Waals surface area contributed by atoms with E-state index in [0.29, 0.717) is 13.2 Å². The average Bonchev–Trinajstić information content (AvgIpc) is 2.20. The van der Waals surface area contributed by atoms with Crippen LogP contribution >= 0.6 is 0 Å². The summed E-state index contributed by atoms with van der Waals surface area (Å²) in [6, 6.07) is -0.102. The molecule has 1 amide bonds. The van der Waals surface area contributed by atoms with Gasteiger partial charge in [-0.3, -0.25) is 9.59 Å². The first-order valence-electron chi connectivity index (χ1n) is 5.58. The van der Waals surface area contributed by atoms with Crippen molar-refractivity contribution in [2.24, 2.45) is 0 Å². The molecular weight excluding hydrogens is 210 g/mol. The Morgan fingerprint density at radius 3 is 2.38 bits per heavy atom. The van der Waals surface area contributed by atoms with E-state index in [1.807, 2.05) is 6.92 Å². The van der Waals surface area contributed by atoms with Gasteiger partial charge in [0.25, 0.3) is 0 Å². The first kappa shape index (κ1) is 14.9. The largest absolute Gasteiger partial charge is 0.480 e. The van der Waals surface area contributed by atoms with Gasteiger partial charge in [-0.1, -0.05) is 6.92 Å². The van der Waals surface area contributed by atoms with Crippen LogP contribution in [0.25, 0.3) is 0 Å². The Morgan fingerprint density at radius 2 is 1.94 bits per heavy atom. The number of carboxylic acids is 1. The number of carbonyl (C=O) groups is 2. The Labute approximate surface area is 96.4 Å². The van der Waals surface area contributed by atoms with Crippen LogP contribution in [0.1, 0.15) is 33.6 Å². The normalized spacial score (nSPS) is 10.5. The summed E-state index contributed by atoms with van der Waals surface area (Å²) in [6.45, 7) is 6.34. The summed E-state index contributed by atoms with van der Waals surface area (Å²) in [5.41, 5.74) is 0. The van der Waals surface area contributed by atoms with Crippen LogP contribution in [0.15, 0.2) is 0 Å². The number of carbonyl (C=O) groups excluding carboxylic acids is 1. The van der Waals surface area contributed by atoms with E-state index < -0.39 is 5.97 Å². The Kier molecular flexibility index (Phi) is 7.54. The van der Waals surface area contributed by atoms with Gasteiger partial charge in [0.2, 0.25) is 5.91 Å². The van der Waals surface area contributed by atoms with Gasteiger partial charge in [-0.25, -0.2) is 0 Å². The minimum atomic E-state index is -0.989. The number of ether oxygens (including phenoxy) is 1. The molecular formula is C11H21NO4. The summed E-state index contributed by atoms with van der Waals surface area (Å²) >= 11 is 0. The van der Waals surface area contributed by atoms with Crippen LogP contribution in [0.4, 0.5) is 0 Å². The predicted octanol–water partition coefficient (Wildman–Crippen LogP) is 1.12. The van der Waals surface area contributed by atoms with Gasteiger partial charge >= 0.3 is 5.97 Å². The van der Waals surface area contributed by atoms with E-state index in [9.17, 15) is 9.59 Å². The SMILES string of the molecule is CCCOCCC(=O)N(CC(=O)O)C(C)C. The van der Waals surface area contributed by atoms with Gasteiger partial charge in [-0.15, -0.1) is 0 Å². The third-order valence-corrected chi connectivity index (χ3v) is 2.06. The molecule has 0 rings (SSSR count). The lowest BCUT2D eigenvalue weighted by atomic mass is 10.2. The number of hydrogen-bond acceptors (Lipinski definition) is 3. The van der Waals surface area contributed by atoms with Gasteiger partial charge in [-0.2, -0.15) is 0 Å². The highest BCUT2D eigenvalue weighted by atomic mass is 16.5. The fourth-order valence-corrected chi connectivity index (χ4v) is 1.25. The summed E-state index contributed by atoms with van der Waals surface area (Å²) in [6.07, 6.45) is 1.16. The number of nitrogens with zero attached hydrogens (tertiary/aromatic N) is 1. The smallest absolute Gasteiger partial charge is 0.323 e. The maximum atomic E-state index is 11.7. The number of rotatable bonds is 8. The van der Waals surface area contributed by atoms with Gasteiger partial charge in [0.15, 0.2) is 0 Å². The summed E-state index contributed by atoms with van der Waals surface area (Å²) in [4.78, 5) is 23.6. The molecule has 5 heteroatoms. The minimum Gasteiger partial charge on any atom is -0.480 e. The maximum absolute atomic E-state index is 11.7. The van der Waals surface area contributed by atoms with Crippen molar-refractivity contribution < 1.29 is 19.4 Å². The number of aliphatic carboxylic acids is 1. The van der Waals surface area contributed by atoms with E-state index in [4.69, 9.17) is 9.84 Å². The zero-order chi connectivity index (χ0) is 12.6. The van der Waals surface area contributed by atoms with Crippen molar-refractivity contribution in [3.05, 3.63) is 0 Å². The minimum absolute atomic E-state index is 0.102. The molecule has 0 aliphatic rings. The zero-order valence-electron chi connectivity index (χ0n) is 10.2. The molecule has 5 nitrogen and oxygen atoms in total. The standard InChI is InChI=1S/C11H21NO4/c1-4-6-16-7-5-10(13)12(9(2)3)8-11(14)15/h9H,4-8H2,1-3H3,(H,14,15). The molecule has 0 bridgehead atoms. The van der Waals surface area contributed by atoms with E-state index in [-0.39, 0.29) is 24.9 Å². The van der Waals surface area contributed by atoms with Crippen LogP contribution in [0.2, 0.25) is 0 Å². The molecule has 0 saturated carbocycles. The van der Waals surface area contributed by atoms with Crippen molar-refractivity contribution in [2.45, 2.75) is 39.7 Å². The lowest BCUT2D eigenvalue weighted by Gasteiger charge is -2.24. The van der Waals surface area contributed by atoms with Gasteiger partial charge in [0, 0.05) is 12.6 Å². The summed E-state index contributed by atoms with van der Waals surface area (Å²) < 4.78 is 5.19. The summed E-state index contributed by atoms with van der Waals surface area (Å²) in [5, 5.41) is 8.67. The van der Waals surface area contributed by atoms with E-state index >= 15 is 0 Å². The van der Waals surface area contributed by atoms with Gasteiger partial charge in [0.1, 0.15) is 6.54 Å². The van der Waals surface area contributed by atoms with Crippen LogP contribution in [-0.4, -0.2) is 47.7 Å². The molecule has 0 saturated heterocycles. The Balaban J connectivity index is 4.02. The fraction of sp³-hybridized carbons (Fsp3) is 0.818. The van der Waals surface area contributed by atoms with E-state index in [1.54, 1.807) is 13.8 Å². The highest BCUT2D eigenvalue weighted by Crippen LogP contribution is 2.02. The lowest BCUT2D eigenvalue weighted by Crippen LogP contribution is -2.41. The maximum Gasteiger partial charge on any atom is 0.323 e. The van der Waals surface area contributed by atoms with Crippen molar-refractivity contribution in [1.82, 2.24) is 4.90 Å². The Hall–Kier alpha value is -1.10. The third-order valence-electron chi connectivity index (χ3n) is 2.06. The zero-order valence-corrected chi connectivity index (χ0v) is 10.2. The molecule has 0 aromatic carbocycles. The van der Waals surface area contributed by atoms with E-state index in [2.05, 4.69) is 0 Å². The van der Waals surface area contributed by atoms with Crippen LogP contribution in [0, 0.1) is 0 Å². The van der Waals surface area contributed by atoms with Crippen molar-refractivity contribution >= 4 is 11.9 Å². The number of hydrogen-bond donors (Lipinski definition) is 1. The third kappa shape index (κ3) is 6.40. The van der Waals surface area contributed by atoms with Gasteiger partial charge in [0.05, 0.1) is 13.0 Å². The average molecular weight is 231 g/mol. The lowest BCUT2D eigenvalue weighted by molar-refractivity contribution is -0.146. The van der Waals surface area contributed by atoms with Gasteiger partial charge in [-0.05, 0) is 20.3 Å². The molecule has 0 spiro atoms. The Morgan fingerprint density at radius 1 is 1.31 bits per heavy atom. The molecule has 0 aromatic rings. The van der Waals surface area contributed by atoms with Gasteiger partial charge < -0.3 is 14.7 Å². The highest BCUT2D eigenvalue weighted by molar-refractivity contribution is 5.81. The van der Waals surface area contributed by atoms with Crippen molar-refractivity contribution in [3.8, 4) is 0 Å². The molecule has 0 radical (unpaired) electrons. The first-order valence-corrected chi connectivity index (χ1v) is 5.58. The highest BCUT2D eigenvalue weighted by Gasteiger charge is 2.19. The number of amides is 1. The summed E-state index contributed by atoms with van der Waals surface area (Å²) in [5.74, 6) is -1.16. The molecule has 0 fully saturated rings. The first-order chi connectivity index (χ1) is 7.49.